The van der Waals surface area contributed by atoms with Gasteiger partial charge in [-0.2, -0.15) is 0 Å². The summed E-state index contributed by atoms with van der Waals surface area (Å²) in [5, 5.41) is 0. The summed E-state index contributed by atoms with van der Waals surface area (Å²) in [6.45, 7) is 3.63. The normalized spacial score (nSPS) is 18.9. The number of benzene rings is 2. The average molecular weight is 368 g/mol. The molecule has 2 aromatic rings. The van der Waals surface area contributed by atoms with Crippen LogP contribution in [0.4, 0.5) is 10.1 Å². The van der Waals surface area contributed by atoms with E-state index in [-0.39, 0.29) is 11.7 Å². The number of carbonyl (C=O) groups is 1. The highest BCUT2D eigenvalue weighted by molar-refractivity contribution is 6.08. The van der Waals surface area contributed by atoms with Gasteiger partial charge in [0.25, 0.3) is 0 Å². The molecule has 142 valence electrons. The lowest BCUT2D eigenvalue weighted by Crippen LogP contribution is -2.49. The lowest BCUT2D eigenvalue weighted by atomic mass is 9.73. The van der Waals surface area contributed by atoms with Gasteiger partial charge < -0.3 is 9.64 Å². The number of amides is 1. The number of para-hydroxylation sites is 1. The minimum Gasteiger partial charge on any atom is -0.383 e. The number of halogens is 1. The monoisotopic (exact) mass is 368 g/mol. The van der Waals surface area contributed by atoms with Gasteiger partial charge in [-0.15, -0.1) is 0 Å². The Morgan fingerprint density at radius 3 is 2.48 bits per heavy atom. The van der Waals surface area contributed by atoms with Crippen LogP contribution in [-0.2, 0) is 21.5 Å². The van der Waals surface area contributed by atoms with Gasteiger partial charge in [0.1, 0.15) is 5.82 Å². The van der Waals surface area contributed by atoms with Crippen LogP contribution in [0.2, 0.25) is 0 Å². The maximum atomic E-state index is 13.4. The molecule has 0 saturated carbocycles. The topological polar surface area (TPSA) is 32.8 Å². The van der Waals surface area contributed by atoms with Crippen LogP contribution in [0.25, 0.3) is 0 Å². The highest BCUT2D eigenvalue weighted by Gasteiger charge is 2.51. The molecule has 2 aliphatic rings. The summed E-state index contributed by atoms with van der Waals surface area (Å²) in [7, 11) is 1.66. The molecule has 0 atom stereocenters. The first-order chi connectivity index (χ1) is 13.1. The molecule has 1 amide bonds. The Morgan fingerprint density at radius 2 is 1.78 bits per heavy atom. The van der Waals surface area contributed by atoms with Crippen LogP contribution >= 0.6 is 0 Å². The highest BCUT2D eigenvalue weighted by Crippen LogP contribution is 2.47. The predicted octanol–water partition coefficient (Wildman–Crippen LogP) is 3.35. The molecule has 27 heavy (non-hydrogen) atoms. The van der Waals surface area contributed by atoms with Crippen molar-refractivity contribution < 1.29 is 13.9 Å². The number of rotatable bonds is 5. The number of anilines is 1. The minimum atomic E-state index is -0.413. The highest BCUT2D eigenvalue weighted by atomic mass is 19.1. The van der Waals surface area contributed by atoms with Gasteiger partial charge in [-0.1, -0.05) is 30.3 Å². The van der Waals surface area contributed by atoms with Crippen molar-refractivity contribution in [1.29, 1.82) is 0 Å². The molecule has 4 nitrogen and oxygen atoms in total. The number of methoxy groups -OCH3 is 1. The van der Waals surface area contributed by atoms with Crippen LogP contribution in [-0.4, -0.2) is 44.2 Å². The van der Waals surface area contributed by atoms with Crippen molar-refractivity contribution in [2.75, 3.05) is 38.3 Å². The molecular formula is C22H25FN2O2. The third-order valence-corrected chi connectivity index (χ3v) is 5.91. The summed E-state index contributed by atoms with van der Waals surface area (Å²) < 4.78 is 18.3. The molecule has 0 aromatic heterocycles. The van der Waals surface area contributed by atoms with Crippen LogP contribution in [0.3, 0.4) is 0 Å². The predicted molar refractivity (Wildman–Crippen MR) is 103 cm³/mol. The number of nitrogens with zero attached hydrogens (tertiary/aromatic N) is 2. The van der Waals surface area contributed by atoms with Crippen molar-refractivity contribution in [1.82, 2.24) is 4.90 Å². The standard InChI is InChI=1S/C22H25FN2O2/c1-27-15-14-25-20-5-3-2-4-19(20)22(21(25)26)10-12-24(13-11-22)16-17-6-8-18(23)9-7-17/h2-9H,10-16H2,1H3. The number of likely N-dealkylation sites (tertiary alicyclic amines) is 1. The van der Waals surface area contributed by atoms with E-state index in [0.717, 1.165) is 49.3 Å². The molecule has 4 rings (SSSR count). The lowest BCUT2D eigenvalue weighted by molar-refractivity contribution is -0.125. The van der Waals surface area contributed by atoms with Crippen molar-refractivity contribution in [2.24, 2.45) is 0 Å². The Labute approximate surface area is 159 Å². The summed E-state index contributed by atoms with van der Waals surface area (Å²) in [6, 6.07) is 14.9. The van der Waals surface area contributed by atoms with Gasteiger partial charge in [0.15, 0.2) is 0 Å². The molecule has 5 heteroatoms. The van der Waals surface area contributed by atoms with Crippen molar-refractivity contribution in [3.05, 3.63) is 65.5 Å². The van der Waals surface area contributed by atoms with E-state index >= 15 is 0 Å². The summed E-state index contributed by atoms with van der Waals surface area (Å²) in [6.07, 6.45) is 1.63. The van der Waals surface area contributed by atoms with Gasteiger partial charge in [-0.05, 0) is 55.3 Å². The van der Waals surface area contributed by atoms with E-state index in [9.17, 15) is 9.18 Å². The van der Waals surface area contributed by atoms with Crippen LogP contribution < -0.4 is 4.90 Å². The largest absolute Gasteiger partial charge is 0.383 e. The lowest BCUT2D eigenvalue weighted by Gasteiger charge is -2.38. The van der Waals surface area contributed by atoms with E-state index in [0.29, 0.717) is 13.2 Å². The summed E-state index contributed by atoms with van der Waals surface area (Å²) in [5.74, 6) is 0.00263. The first kappa shape index (κ1) is 18.1. The molecule has 2 heterocycles. The fourth-order valence-electron chi connectivity index (χ4n) is 4.43. The first-order valence-corrected chi connectivity index (χ1v) is 9.51. The van der Waals surface area contributed by atoms with Crippen molar-refractivity contribution in [2.45, 2.75) is 24.8 Å². The van der Waals surface area contributed by atoms with Gasteiger partial charge in [0.05, 0.1) is 12.0 Å². The van der Waals surface area contributed by atoms with E-state index in [1.807, 2.05) is 35.2 Å². The van der Waals surface area contributed by atoms with Gasteiger partial charge in [0.2, 0.25) is 5.91 Å². The van der Waals surface area contributed by atoms with E-state index in [1.165, 1.54) is 12.1 Å². The molecule has 0 unspecified atom stereocenters. The van der Waals surface area contributed by atoms with Crippen LogP contribution in [0.15, 0.2) is 48.5 Å². The molecule has 0 N–H and O–H groups in total. The number of ether oxygens (including phenoxy) is 1. The third kappa shape index (κ3) is 3.26. The third-order valence-electron chi connectivity index (χ3n) is 5.91. The van der Waals surface area contributed by atoms with E-state index in [4.69, 9.17) is 4.74 Å². The molecule has 1 saturated heterocycles. The molecular weight excluding hydrogens is 343 g/mol. The van der Waals surface area contributed by atoms with Crippen molar-refractivity contribution in [3.8, 4) is 0 Å². The van der Waals surface area contributed by atoms with Crippen molar-refractivity contribution >= 4 is 11.6 Å². The first-order valence-electron chi connectivity index (χ1n) is 9.51. The molecule has 0 bridgehead atoms. The number of fused-ring (bicyclic) bond motifs is 2. The minimum absolute atomic E-state index is 0.208. The maximum Gasteiger partial charge on any atom is 0.237 e. The smallest absolute Gasteiger partial charge is 0.237 e. The zero-order chi connectivity index (χ0) is 18.9. The average Bonchev–Trinajstić information content (AvgIpc) is 2.92. The maximum absolute atomic E-state index is 13.4. The Morgan fingerprint density at radius 1 is 1.07 bits per heavy atom. The Kier molecular flexibility index (Phi) is 4.98. The molecule has 2 aliphatic heterocycles. The zero-order valence-corrected chi connectivity index (χ0v) is 15.7. The van der Waals surface area contributed by atoms with E-state index in [1.54, 1.807) is 7.11 Å². The van der Waals surface area contributed by atoms with Crippen LogP contribution in [0.1, 0.15) is 24.0 Å². The Balaban J connectivity index is 1.51. The summed E-state index contributed by atoms with van der Waals surface area (Å²) >= 11 is 0. The summed E-state index contributed by atoms with van der Waals surface area (Å²) in [4.78, 5) is 17.6. The van der Waals surface area contributed by atoms with Crippen molar-refractivity contribution in [3.63, 3.8) is 0 Å². The second kappa shape index (κ2) is 7.41. The molecule has 1 spiro atoms. The quantitative estimate of drug-likeness (QED) is 0.811. The molecule has 0 aliphatic carbocycles. The van der Waals surface area contributed by atoms with E-state index < -0.39 is 5.41 Å². The zero-order valence-electron chi connectivity index (χ0n) is 15.7. The van der Waals surface area contributed by atoms with Gasteiger partial charge in [0, 0.05) is 25.9 Å². The van der Waals surface area contributed by atoms with E-state index in [2.05, 4.69) is 11.0 Å². The fraction of sp³-hybridized carbons (Fsp3) is 0.409. The Bertz CT molecular complexity index is 813. The van der Waals surface area contributed by atoms with Gasteiger partial charge in [-0.25, -0.2) is 4.39 Å². The number of piperidine rings is 1. The second-order valence-corrected chi connectivity index (χ2v) is 7.45. The molecule has 1 fully saturated rings. The molecule has 2 aromatic carbocycles. The van der Waals surface area contributed by atoms with Crippen LogP contribution in [0, 0.1) is 5.82 Å². The van der Waals surface area contributed by atoms with Crippen LogP contribution in [0.5, 0.6) is 0 Å². The Hall–Kier alpha value is -2.24. The van der Waals surface area contributed by atoms with Gasteiger partial charge in [-0.3, -0.25) is 9.69 Å². The number of hydrogen-bond donors (Lipinski definition) is 0. The number of hydrogen-bond acceptors (Lipinski definition) is 3. The molecule has 0 radical (unpaired) electrons. The SMILES string of the molecule is COCCN1C(=O)C2(CCN(Cc3ccc(F)cc3)CC2)c2ccccc21. The number of carbonyl (C=O) groups excluding carboxylic acids is 1. The summed E-state index contributed by atoms with van der Waals surface area (Å²) in [5.41, 5.74) is 2.88. The van der Waals surface area contributed by atoms with Gasteiger partial charge >= 0.3 is 0 Å². The second-order valence-electron chi connectivity index (χ2n) is 7.45. The fourth-order valence-corrected chi connectivity index (χ4v) is 4.43.